The molecule has 0 aliphatic heterocycles. The average molecular weight is 243 g/mol. The molecule has 2 rings (SSSR count). The molecule has 1 nitrogen and oxygen atoms in total. The second kappa shape index (κ2) is 4.25. The van der Waals surface area contributed by atoms with Crippen LogP contribution < -0.4 is 0 Å². The monoisotopic (exact) mass is 243 g/mol. The molecular formula is C11H8F3NS. The first-order chi connectivity index (χ1) is 7.57. The van der Waals surface area contributed by atoms with Crippen molar-refractivity contribution in [2.75, 3.05) is 0 Å². The van der Waals surface area contributed by atoms with Gasteiger partial charge in [0.15, 0.2) is 0 Å². The van der Waals surface area contributed by atoms with Crippen molar-refractivity contribution in [3.05, 3.63) is 54.4 Å². The van der Waals surface area contributed by atoms with Crippen LogP contribution in [0.4, 0.5) is 13.2 Å². The Morgan fingerprint density at radius 2 is 1.62 bits per heavy atom. The molecule has 1 aromatic carbocycles. The molecule has 0 aliphatic carbocycles. The number of rotatable bonds is 2. The predicted octanol–water partition coefficient (Wildman–Crippen LogP) is 4.06. The Hall–Kier alpha value is -1.36. The SMILES string of the molecule is FC(F)(F)c1cccn1Sc1ccccc1. The summed E-state index contributed by atoms with van der Waals surface area (Å²) in [5.41, 5.74) is -0.652. The lowest BCUT2D eigenvalue weighted by molar-refractivity contribution is -0.141. The number of alkyl halides is 3. The summed E-state index contributed by atoms with van der Waals surface area (Å²) in [5.74, 6) is 0. The zero-order valence-electron chi connectivity index (χ0n) is 8.11. The summed E-state index contributed by atoms with van der Waals surface area (Å²) in [4.78, 5) is 0.768. The lowest BCUT2D eigenvalue weighted by Crippen LogP contribution is -2.09. The van der Waals surface area contributed by atoms with Gasteiger partial charge in [-0.3, -0.25) is 3.97 Å². The first-order valence-corrected chi connectivity index (χ1v) is 5.32. The fraction of sp³-hybridized carbons (Fsp3) is 0.0909. The van der Waals surface area contributed by atoms with Gasteiger partial charge in [-0.2, -0.15) is 13.2 Å². The van der Waals surface area contributed by atoms with Gasteiger partial charge in [-0.25, -0.2) is 0 Å². The summed E-state index contributed by atoms with van der Waals surface area (Å²) in [5, 5.41) is 0. The minimum absolute atomic E-state index is 0.652. The van der Waals surface area contributed by atoms with Crippen LogP contribution in [0.25, 0.3) is 0 Å². The Labute approximate surface area is 95.0 Å². The Morgan fingerprint density at radius 3 is 2.25 bits per heavy atom. The van der Waals surface area contributed by atoms with Gasteiger partial charge in [0, 0.05) is 11.1 Å². The smallest absolute Gasteiger partial charge is 0.283 e. The van der Waals surface area contributed by atoms with E-state index in [1.54, 1.807) is 24.3 Å². The van der Waals surface area contributed by atoms with Crippen LogP contribution in [-0.2, 0) is 6.18 Å². The normalized spacial score (nSPS) is 11.7. The van der Waals surface area contributed by atoms with Crippen LogP contribution in [0.1, 0.15) is 5.69 Å². The van der Waals surface area contributed by atoms with Crippen LogP contribution in [0.3, 0.4) is 0 Å². The van der Waals surface area contributed by atoms with Gasteiger partial charge >= 0.3 is 6.18 Å². The van der Waals surface area contributed by atoms with Gasteiger partial charge in [-0.05, 0) is 36.2 Å². The van der Waals surface area contributed by atoms with E-state index in [0.29, 0.717) is 0 Å². The molecule has 5 heteroatoms. The molecule has 1 aromatic heterocycles. The molecule has 0 saturated heterocycles. The number of benzene rings is 1. The fourth-order valence-electron chi connectivity index (χ4n) is 1.26. The Morgan fingerprint density at radius 1 is 0.938 bits per heavy atom. The lowest BCUT2D eigenvalue weighted by Gasteiger charge is -2.10. The maximum absolute atomic E-state index is 12.6. The van der Waals surface area contributed by atoms with Crippen molar-refractivity contribution in [1.82, 2.24) is 3.97 Å². The molecule has 0 atom stereocenters. The number of aromatic nitrogens is 1. The van der Waals surface area contributed by atoms with Gasteiger partial charge in [-0.1, -0.05) is 18.2 Å². The third kappa shape index (κ3) is 2.41. The van der Waals surface area contributed by atoms with Crippen molar-refractivity contribution in [3.63, 3.8) is 0 Å². The van der Waals surface area contributed by atoms with E-state index < -0.39 is 11.9 Å². The van der Waals surface area contributed by atoms with Crippen molar-refractivity contribution in [3.8, 4) is 0 Å². The fourth-order valence-corrected chi connectivity index (χ4v) is 2.16. The van der Waals surface area contributed by atoms with E-state index in [1.165, 1.54) is 12.3 Å². The van der Waals surface area contributed by atoms with Crippen LogP contribution in [-0.4, -0.2) is 3.97 Å². The quantitative estimate of drug-likeness (QED) is 0.770. The predicted molar refractivity (Wildman–Crippen MR) is 57.1 cm³/mol. The molecule has 84 valence electrons. The van der Waals surface area contributed by atoms with Crippen LogP contribution >= 0.6 is 11.9 Å². The van der Waals surface area contributed by atoms with Crippen LogP contribution in [0.5, 0.6) is 0 Å². The number of halogens is 3. The highest BCUT2D eigenvalue weighted by atomic mass is 32.2. The Balaban J connectivity index is 2.26. The van der Waals surface area contributed by atoms with E-state index in [4.69, 9.17) is 0 Å². The number of hydrogen-bond donors (Lipinski definition) is 0. The maximum Gasteiger partial charge on any atom is 0.432 e. The number of hydrogen-bond acceptors (Lipinski definition) is 1. The summed E-state index contributed by atoms with van der Waals surface area (Å²) in [7, 11) is 0. The third-order valence-corrected chi connectivity index (χ3v) is 2.95. The van der Waals surface area contributed by atoms with Crippen LogP contribution in [0.15, 0.2) is 53.6 Å². The van der Waals surface area contributed by atoms with E-state index in [0.717, 1.165) is 26.9 Å². The molecule has 0 aliphatic rings. The minimum Gasteiger partial charge on any atom is -0.283 e. The lowest BCUT2D eigenvalue weighted by atomic mass is 10.4. The molecule has 0 bridgehead atoms. The average Bonchev–Trinajstić information content (AvgIpc) is 2.67. The van der Waals surface area contributed by atoms with Crippen molar-refractivity contribution in [1.29, 1.82) is 0 Å². The first kappa shape index (κ1) is 11.1. The Kier molecular flexibility index (Phi) is 2.96. The van der Waals surface area contributed by atoms with E-state index >= 15 is 0 Å². The molecule has 0 fully saturated rings. The summed E-state index contributed by atoms with van der Waals surface area (Å²) in [6.07, 6.45) is -2.91. The van der Waals surface area contributed by atoms with Gasteiger partial charge in [0.25, 0.3) is 0 Å². The zero-order chi connectivity index (χ0) is 11.6. The molecule has 0 amide bonds. The Bertz CT molecular complexity index is 462. The van der Waals surface area contributed by atoms with Crippen molar-refractivity contribution in [2.45, 2.75) is 11.1 Å². The van der Waals surface area contributed by atoms with Crippen LogP contribution in [0.2, 0.25) is 0 Å². The van der Waals surface area contributed by atoms with E-state index in [-0.39, 0.29) is 0 Å². The summed E-state index contributed by atoms with van der Waals surface area (Å²) >= 11 is 1.04. The van der Waals surface area contributed by atoms with Crippen molar-refractivity contribution < 1.29 is 13.2 Å². The molecule has 0 spiro atoms. The van der Waals surface area contributed by atoms with Gasteiger partial charge in [0.1, 0.15) is 5.69 Å². The number of nitrogens with zero attached hydrogens (tertiary/aromatic N) is 1. The zero-order valence-corrected chi connectivity index (χ0v) is 8.92. The second-order valence-corrected chi connectivity index (χ2v) is 4.17. The molecule has 0 unspecified atom stereocenters. The summed E-state index contributed by atoms with van der Waals surface area (Å²) in [6.45, 7) is 0. The van der Waals surface area contributed by atoms with Crippen LogP contribution in [0, 0.1) is 0 Å². The highest BCUT2D eigenvalue weighted by molar-refractivity contribution is 7.97. The van der Waals surface area contributed by atoms with Gasteiger partial charge in [-0.15, -0.1) is 0 Å². The van der Waals surface area contributed by atoms with Gasteiger partial charge in [0.2, 0.25) is 0 Å². The molecule has 0 N–H and O–H groups in total. The molecular weight excluding hydrogens is 235 g/mol. The van der Waals surface area contributed by atoms with Gasteiger partial charge in [0.05, 0.1) is 0 Å². The largest absolute Gasteiger partial charge is 0.432 e. The highest BCUT2D eigenvalue weighted by Gasteiger charge is 2.34. The van der Waals surface area contributed by atoms with Gasteiger partial charge < -0.3 is 0 Å². The summed E-state index contributed by atoms with van der Waals surface area (Å²) < 4.78 is 38.8. The highest BCUT2D eigenvalue weighted by Crippen LogP contribution is 2.33. The molecule has 2 aromatic rings. The van der Waals surface area contributed by atoms with E-state index in [9.17, 15) is 13.2 Å². The molecule has 0 radical (unpaired) electrons. The van der Waals surface area contributed by atoms with E-state index in [2.05, 4.69) is 0 Å². The topological polar surface area (TPSA) is 4.93 Å². The second-order valence-electron chi connectivity index (χ2n) is 3.12. The van der Waals surface area contributed by atoms with Crippen molar-refractivity contribution in [2.24, 2.45) is 0 Å². The van der Waals surface area contributed by atoms with E-state index in [1.807, 2.05) is 6.07 Å². The summed E-state index contributed by atoms with van der Waals surface area (Å²) in [6, 6.07) is 11.4. The molecule has 16 heavy (non-hydrogen) atoms. The first-order valence-electron chi connectivity index (χ1n) is 4.55. The minimum atomic E-state index is -4.31. The molecule has 1 heterocycles. The maximum atomic E-state index is 12.6. The molecule has 0 saturated carbocycles. The standard InChI is InChI=1S/C11H8F3NS/c12-11(13,14)10-7-4-8-15(10)16-9-5-2-1-3-6-9/h1-8H. The van der Waals surface area contributed by atoms with Crippen molar-refractivity contribution >= 4 is 11.9 Å². The third-order valence-electron chi connectivity index (χ3n) is 1.95.